The zero-order chi connectivity index (χ0) is 12.4. The van der Waals surface area contributed by atoms with Crippen LogP contribution in [0.4, 0.5) is 0 Å². The molecule has 0 radical (unpaired) electrons. The lowest BCUT2D eigenvalue weighted by molar-refractivity contribution is 0.701. The summed E-state index contributed by atoms with van der Waals surface area (Å²) in [4.78, 5) is 1.25. The lowest BCUT2D eigenvalue weighted by Crippen LogP contribution is -2.17. The van der Waals surface area contributed by atoms with Crippen LogP contribution in [0.1, 0.15) is 22.0 Å². The van der Waals surface area contributed by atoms with E-state index in [9.17, 15) is 0 Å². The summed E-state index contributed by atoms with van der Waals surface area (Å²) in [6, 6.07) is 8.38. The summed E-state index contributed by atoms with van der Waals surface area (Å²) >= 11 is 11.6. The Bertz CT molecular complexity index is 524. The maximum atomic E-state index is 6.32. The summed E-state index contributed by atoms with van der Waals surface area (Å²) in [5.41, 5.74) is 2.29. The van der Waals surface area contributed by atoms with E-state index in [1.165, 1.54) is 10.4 Å². The van der Waals surface area contributed by atoms with Crippen LogP contribution < -0.4 is 5.32 Å². The van der Waals surface area contributed by atoms with Gasteiger partial charge in [0.1, 0.15) is 0 Å². The van der Waals surface area contributed by atoms with Crippen molar-refractivity contribution < 1.29 is 0 Å². The molecule has 1 atom stereocenters. The molecule has 0 aliphatic carbocycles. The van der Waals surface area contributed by atoms with Crippen LogP contribution in [-0.2, 0) is 0 Å². The van der Waals surface area contributed by atoms with Gasteiger partial charge in [-0.2, -0.15) is 0 Å². The number of hydrogen-bond donors (Lipinski definition) is 1. The van der Waals surface area contributed by atoms with E-state index in [1.807, 2.05) is 20.0 Å². The monoisotopic (exact) mass is 329 g/mol. The highest BCUT2D eigenvalue weighted by atomic mass is 79.9. The molecule has 2 aromatic rings. The molecule has 0 aliphatic rings. The van der Waals surface area contributed by atoms with E-state index in [2.05, 4.69) is 44.8 Å². The molecular weight excluding hydrogens is 318 g/mol. The van der Waals surface area contributed by atoms with Crippen molar-refractivity contribution in [1.82, 2.24) is 5.32 Å². The molecule has 1 aromatic heterocycles. The van der Waals surface area contributed by atoms with E-state index in [1.54, 1.807) is 11.3 Å². The molecule has 0 amide bonds. The van der Waals surface area contributed by atoms with Crippen molar-refractivity contribution in [2.75, 3.05) is 7.05 Å². The molecule has 4 heteroatoms. The second-order valence-electron chi connectivity index (χ2n) is 3.88. The predicted octanol–water partition coefficient (Wildman–Crippen LogP) is 4.78. The summed E-state index contributed by atoms with van der Waals surface area (Å²) in [5.74, 6) is 0. The molecule has 90 valence electrons. The molecule has 0 aliphatic heterocycles. The van der Waals surface area contributed by atoms with Gasteiger partial charge in [-0.15, -0.1) is 11.3 Å². The molecule has 0 fully saturated rings. The summed E-state index contributed by atoms with van der Waals surface area (Å²) < 4.78 is 1.12. The Morgan fingerprint density at radius 3 is 2.65 bits per heavy atom. The van der Waals surface area contributed by atoms with Gasteiger partial charge < -0.3 is 5.32 Å². The Labute approximate surface area is 119 Å². The predicted molar refractivity (Wildman–Crippen MR) is 79.1 cm³/mol. The molecule has 1 unspecified atom stereocenters. The van der Waals surface area contributed by atoms with Gasteiger partial charge in [0.05, 0.1) is 6.04 Å². The van der Waals surface area contributed by atoms with Crippen LogP contribution in [0.2, 0.25) is 5.02 Å². The molecular formula is C13H13BrClNS. The number of hydrogen-bond acceptors (Lipinski definition) is 2. The van der Waals surface area contributed by atoms with Crippen molar-refractivity contribution in [1.29, 1.82) is 0 Å². The number of aryl methyl sites for hydroxylation is 1. The molecule has 1 aromatic carbocycles. The number of nitrogens with one attached hydrogen (secondary N) is 1. The molecule has 0 bridgehead atoms. The van der Waals surface area contributed by atoms with Crippen molar-refractivity contribution in [2.45, 2.75) is 13.0 Å². The molecule has 0 spiro atoms. The fourth-order valence-electron chi connectivity index (χ4n) is 1.81. The van der Waals surface area contributed by atoms with E-state index < -0.39 is 0 Å². The normalized spacial score (nSPS) is 12.7. The standard InChI is InChI=1S/C13H13BrClNS/c1-8-3-4-9(11(15)7-8)12(16-2)13-10(14)5-6-17-13/h3-7,12,16H,1-2H3. The Balaban J connectivity index is 2.46. The zero-order valence-electron chi connectivity index (χ0n) is 9.63. The smallest absolute Gasteiger partial charge is 0.0694 e. The van der Waals surface area contributed by atoms with Crippen LogP contribution in [0, 0.1) is 6.92 Å². The van der Waals surface area contributed by atoms with Crippen LogP contribution in [0.5, 0.6) is 0 Å². The highest BCUT2D eigenvalue weighted by molar-refractivity contribution is 9.10. The molecule has 1 nitrogen and oxygen atoms in total. The third-order valence-corrected chi connectivity index (χ3v) is 4.93. The highest BCUT2D eigenvalue weighted by Crippen LogP contribution is 2.35. The average Bonchev–Trinajstić information content (AvgIpc) is 2.69. The summed E-state index contributed by atoms with van der Waals surface area (Å²) in [5, 5.41) is 6.20. The van der Waals surface area contributed by atoms with Gasteiger partial charge in [0.15, 0.2) is 0 Å². The zero-order valence-corrected chi connectivity index (χ0v) is 12.8. The summed E-state index contributed by atoms with van der Waals surface area (Å²) in [6.45, 7) is 2.05. The average molecular weight is 331 g/mol. The largest absolute Gasteiger partial charge is 0.309 e. The molecule has 0 saturated carbocycles. The highest BCUT2D eigenvalue weighted by Gasteiger charge is 2.18. The van der Waals surface area contributed by atoms with Gasteiger partial charge in [-0.1, -0.05) is 23.7 Å². The van der Waals surface area contributed by atoms with Gasteiger partial charge in [0, 0.05) is 14.4 Å². The first-order valence-corrected chi connectivity index (χ1v) is 7.34. The quantitative estimate of drug-likeness (QED) is 0.854. The van der Waals surface area contributed by atoms with Crippen LogP contribution in [-0.4, -0.2) is 7.05 Å². The van der Waals surface area contributed by atoms with Crippen LogP contribution in [0.3, 0.4) is 0 Å². The van der Waals surface area contributed by atoms with Crippen LogP contribution in [0.15, 0.2) is 34.1 Å². The van der Waals surface area contributed by atoms with Crippen LogP contribution >= 0.6 is 38.9 Å². The van der Waals surface area contributed by atoms with Crippen molar-refractivity contribution in [3.8, 4) is 0 Å². The minimum Gasteiger partial charge on any atom is -0.309 e. The van der Waals surface area contributed by atoms with E-state index in [4.69, 9.17) is 11.6 Å². The number of halogens is 2. The Morgan fingerprint density at radius 2 is 2.12 bits per heavy atom. The minimum atomic E-state index is 0.137. The molecule has 0 saturated heterocycles. The van der Waals surface area contributed by atoms with Gasteiger partial charge in [0.25, 0.3) is 0 Å². The molecule has 17 heavy (non-hydrogen) atoms. The molecule has 2 rings (SSSR count). The van der Waals surface area contributed by atoms with Crippen LogP contribution in [0.25, 0.3) is 0 Å². The Hall–Kier alpha value is -0.350. The van der Waals surface area contributed by atoms with Crippen molar-refractivity contribution in [3.63, 3.8) is 0 Å². The van der Waals surface area contributed by atoms with Gasteiger partial charge >= 0.3 is 0 Å². The first-order valence-electron chi connectivity index (χ1n) is 5.29. The lowest BCUT2D eigenvalue weighted by Gasteiger charge is -2.17. The van der Waals surface area contributed by atoms with Crippen molar-refractivity contribution in [3.05, 3.63) is 55.1 Å². The Morgan fingerprint density at radius 1 is 1.35 bits per heavy atom. The van der Waals surface area contributed by atoms with Gasteiger partial charge in [0.2, 0.25) is 0 Å². The SMILES string of the molecule is CNC(c1ccc(C)cc1Cl)c1sccc1Br. The molecule has 1 N–H and O–H groups in total. The summed E-state index contributed by atoms with van der Waals surface area (Å²) in [7, 11) is 1.95. The van der Waals surface area contributed by atoms with E-state index in [0.29, 0.717) is 0 Å². The van der Waals surface area contributed by atoms with Gasteiger partial charge in [-0.25, -0.2) is 0 Å². The van der Waals surface area contributed by atoms with Gasteiger partial charge in [-0.3, -0.25) is 0 Å². The van der Waals surface area contributed by atoms with E-state index in [-0.39, 0.29) is 6.04 Å². The lowest BCUT2D eigenvalue weighted by atomic mass is 10.0. The topological polar surface area (TPSA) is 12.0 Å². The second-order valence-corrected chi connectivity index (χ2v) is 6.09. The maximum Gasteiger partial charge on any atom is 0.0694 e. The number of thiophene rings is 1. The van der Waals surface area contributed by atoms with Crippen molar-refractivity contribution >= 4 is 38.9 Å². The van der Waals surface area contributed by atoms with E-state index >= 15 is 0 Å². The van der Waals surface area contributed by atoms with Gasteiger partial charge in [-0.05, 0) is 58.5 Å². The second kappa shape index (κ2) is 5.53. The number of rotatable bonds is 3. The first-order chi connectivity index (χ1) is 8.13. The fraction of sp³-hybridized carbons (Fsp3) is 0.231. The maximum absolute atomic E-state index is 6.32. The minimum absolute atomic E-state index is 0.137. The summed E-state index contributed by atoms with van der Waals surface area (Å²) in [6.07, 6.45) is 0. The third kappa shape index (κ3) is 2.74. The first kappa shape index (κ1) is 13.1. The third-order valence-electron chi connectivity index (χ3n) is 2.66. The fourth-order valence-corrected chi connectivity index (χ4v) is 3.88. The van der Waals surface area contributed by atoms with Crippen molar-refractivity contribution in [2.24, 2.45) is 0 Å². The Kier molecular flexibility index (Phi) is 4.26. The number of benzene rings is 1. The molecule has 1 heterocycles. The van der Waals surface area contributed by atoms with E-state index in [0.717, 1.165) is 15.1 Å².